The minimum Gasteiger partial charge on any atom is -0.394 e. The van der Waals surface area contributed by atoms with Crippen molar-refractivity contribution in [3.63, 3.8) is 0 Å². The van der Waals surface area contributed by atoms with Crippen molar-refractivity contribution in [2.45, 2.75) is 59.2 Å². The number of anilines is 2. The second-order valence-electron chi connectivity index (χ2n) is 8.55. The van der Waals surface area contributed by atoms with Crippen LogP contribution in [-0.4, -0.2) is 39.4 Å². The first kappa shape index (κ1) is 20.6. The average molecular weight is 385 g/mol. The van der Waals surface area contributed by atoms with Crippen LogP contribution in [0.25, 0.3) is 0 Å². The van der Waals surface area contributed by atoms with Crippen LogP contribution in [-0.2, 0) is 18.6 Å². The van der Waals surface area contributed by atoms with E-state index < -0.39 is 5.60 Å². The van der Waals surface area contributed by atoms with Crippen LogP contribution in [0.15, 0.2) is 24.3 Å². The van der Waals surface area contributed by atoms with Gasteiger partial charge in [0.2, 0.25) is 0 Å². The van der Waals surface area contributed by atoms with E-state index in [1.54, 1.807) is 0 Å². The quantitative estimate of drug-likeness (QED) is 0.710. The summed E-state index contributed by atoms with van der Waals surface area (Å²) < 4.78 is 0. The molecule has 3 N–H and O–H groups in total. The van der Waals surface area contributed by atoms with Crippen molar-refractivity contribution in [2.75, 3.05) is 23.4 Å². The molecule has 0 saturated carbocycles. The maximum absolute atomic E-state index is 10.3. The van der Waals surface area contributed by atoms with Gasteiger partial charge in [0, 0.05) is 19.2 Å². The van der Waals surface area contributed by atoms with E-state index in [1.807, 2.05) is 32.9 Å². The van der Waals surface area contributed by atoms with Crippen molar-refractivity contribution >= 4 is 11.6 Å². The normalized spacial score (nSPS) is 15.5. The third kappa shape index (κ3) is 4.62. The number of aliphatic hydroxyl groups excluding tert-OH is 1. The first-order valence-electron chi connectivity index (χ1n) is 10.00. The summed E-state index contributed by atoms with van der Waals surface area (Å²) >= 11 is 0. The third-order valence-corrected chi connectivity index (χ3v) is 5.41. The molecular weight excluding hydrogens is 352 g/mol. The van der Waals surface area contributed by atoms with Gasteiger partial charge in [-0.05, 0) is 49.8 Å². The van der Waals surface area contributed by atoms with Crippen molar-refractivity contribution in [1.29, 1.82) is 0 Å². The highest BCUT2D eigenvalue weighted by Gasteiger charge is 2.22. The molecule has 28 heavy (non-hydrogen) atoms. The van der Waals surface area contributed by atoms with Crippen LogP contribution in [0, 0.1) is 12.8 Å². The first-order valence-corrected chi connectivity index (χ1v) is 10.00. The lowest BCUT2D eigenvalue weighted by atomic mass is 9.91. The fourth-order valence-electron chi connectivity index (χ4n) is 3.53. The fourth-order valence-corrected chi connectivity index (χ4v) is 3.53. The van der Waals surface area contributed by atoms with Crippen LogP contribution in [0.3, 0.4) is 0 Å². The number of benzene rings is 1. The van der Waals surface area contributed by atoms with E-state index >= 15 is 0 Å². The number of nitrogens with one attached hydrogen (secondary N) is 1. The number of fused-ring (bicyclic) bond motifs is 1. The fraction of sp³-hybridized carbons (Fsp3) is 0.545. The lowest BCUT2D eigenvalue weighted by molar-refractivity contribution is 0.0785. The molecule has 0 aliphatic carbocycles. The van der Waals surface area contributed by atoms with E-state index in [9.17, 15) is 10.2 Å². The molecule has 0 radical (unpaired) electrons. The van der Waals surface area contributed by atoms with Gasteiger partial charge >= 0.3 is 0 Å². The number of hydrogen-bond acceptors (Lipinski definition) is 6. The minimum absolute atomic E-state index is 0.0375. The molecule has 0 spiro atoms. The lowest BCUT2D eigenvalue weighted by Gasteiger charge is -2.31. The number of aryl methyl sites for hydroxylation is 1. The van der Waals surface area contributed by atoms with Crippen LogP contribution in [0.1, 0.15) is 50.2 Å². The second-order valence-corrected chi connectivity index (χ2v) is 8.55. The Morgan fingerprint density at radius 2 is 1.93 bits per heavy atom. The molecule has 1 aliphatic rings. The van der Waals surface area contributed by atoms with Crippen LogP contribution >= 0.6 is 0 Å². The average Bonchev–Trinajstić information content (AvgIpc) is 2.63. The Morgan fingerprint density at radius 3 is 2.57 bits per heavy atom. The molecule has 6 nitrogen and oxygen atoms in total. The van der Waals surface area contributed by atoms with E-state index in [0.29, 0.717) is 11.7 Å². The molecule has 1 aliphatic heterocycles. The van der Waals surface area contributed by atoms with Gasteiger partial charge in [0.05, 0.1) is 18.2 Å². The molecule has 0 fully saturated rings. The smallest absolute Gasteiger partial charge is 0.134 e. The predicted octanol–water partition coefficient (Wildman–Crippen LogP) is 3.00. The van der Waals surface area contributed by atoms with E-state index in [-0.39, 0.29) is 12.6 Å². The molecule has 0 saturated heterocycles. The van der Waals surface area contributed by atoms with Crippen molar-refractivity contribution in [1.82, 2.24) is 9.97 Å². The maximum atomic E-state index is 10.3. The van der Waals surface area contributed by atoms with Gasteiger partial charge in [-0.15, -0.1) is 0 Å². The van der Waals surface area contributed by atoms with Gasteiger partial charge in [-0.25, -0.2) is 9.97 Å². The van der Waals surface area contributed by atoms with E-state index in [2.05, 4.69) is 46.2 Å². The SMILES string of the molecule is Cc1nc(N[C@H](CO)C(C)C)cc(N2CCc3cc(C(C)(C)O)ccc3C2)n1. The Morgan fingerprint density at radius 1 is 1.18 bits per heavy atom. The van der Waals surface area contributed by atoms with Gasteiger partial charge < -0.3 is 20.4 Å². The van der Waals surface area contributed by atoms with Gasteiger partial charge in [-0.1, -0.05) is 32.0 Å². The summed E-state index contributed by atoms with van der Waals surface area (Å²) in [5.41, 5.74) is 2.68. The number of hydrogen-bond donors (Lipinski definition) is 3. The van der Waals surface area contributed by atoms with Crippen molar-refractivity contribution in [3.8, 4) is 0 Å². The summed E-state index contributed by atoms with van der Waals surface area (Å²) in [5.74, 6) is 2.66. The lowest BCUT2D eigenvalue weighted by Crippen LogP contribution is -2.33. The van der Waals surface area contributed by atoms with E-state index in [4.69, 9.17) is 0 Å². The molecule has 2 heterocycles. The van der Waals surface area contributed by atoms with Crippen LogP contribution < -0.4 is 10.2 Å². The third-order valence-electron chi connectivity index (χ3n) is 5.41. The number of aliphatic hydroxyl groups is 2. The molecule has 1 atom stereocenters. The summed E-state index contributed by atoms with van der Waals surface area (Å²) in [6.45, 7) is 11.4. The van der Waals surface area contributed by atoms with Crippen molar-refractivity contribution < 1.29 is 10.2 Å². The number of aromatic nitrogens is 2. The Labute approximate surface area is 167 Å². The standard InChI is InChI=1S/C22H32N4O2/c1-14(2)19(13-27)25-20-11-21(24-15(3)23-20)26-9-8-16-10-18(22(4,5)28)7-6-17(16)12-26/h6-7,10-11,14,19,27-28H,8-9,12-13H2,1-5H3,(H,23,24,25)/t19-/m1/s1. The Balaban J connectivity index is 1.81. The zero-order valence-electron chi connectivity index (χ0n) is 17.5. The number of rotatable bonds is 6. The van der Waals surface area contributed by atoms with E-state index in [0.717, 1.165) is 36.7 Å². The summed E-state index contributed by atoms with van der Waals surface area (Å²) in [6.07, 6.45) is 0.913. The number of nitrogens with zero attached hydrogens (tertiary/aromatic N) is 3. The molecule has 0 amide bonds. The maximum Gasteiger partial charge on any atom is 0.134 e. The van der Waals surface area contributed by atoms with Crippen LogP contribution in [0.4, 0.5) is 11.6 Å². The van der Waals surface area contributed by atoms with Gasteiger partial charge in [-0.2, -0.15) is 0 Å². The zero-order valence-corrected chi connectivity index (χ0v) is 17.5. The van der Waals surface area contributed by atoms with Gasteiger partial charge in [0.1, 0.15) is 17.5 Å². The zero-order chi connectivity index (χ0) is 20.5. The van der Waals surface area contributed by atoms with Gasteiger partial charge in [0.25, 0.3) is 0 Å². The summed E-state index contributed by atoms with van der Waals surface area (Å²) in [4.78, 5) is 11.4. The molecule has 0 unspecified atom stereocenters. The summed E-state index contributed by atoms with van der Waals surface area (Å²) in [5, 5.41) is 23.2. The molecule has 1 aromatic heterocycles. The Bertz CT molecular complexity index is 830. The Hall–Kier alpha value is -2.18. The summed E-state index contributed by atoms with van der Waals surface area (Å²) in [7, 11) is 0. The molecule has 152 valence electrons. The molecular formula is C22H32N4O2. The van der Waals surface area contributed by atoms with Crippen LogP contribution in [0.5, 0.6) is 0 Å². The first-order chi connectivity index (χ1) is 13.2. The minimum atomic E-state index is -0.823. The monoisotopic (exact) mass is 384 g/mol. The molecule has 2 aromatic rings. The van der Waals surface area contributed by atoms with E-state index in [1.165, 1.54) is 11.1 Å². The molecule has 0 bridgehead atoms. The van der Waals surface area contributed by atoms with Crippen LogP contribution in [0.2, 0.25) is 0 Å². The molecule has 3 rings (SSSR count). The van der Waals surface area contributed by atoms with Gasteiger partial charge in [-0.3, -0.25) is 0 Å². The molecule has 6 heteroatoms. The highest BCUT2D eigenvalue weighted by Crippen LogP contribution is 2.28. The highest BCUT2D eigenvalue weighted by atomic mass is 16.3. The van der Waals surface area contributed by atoms with Crippen molar-refractivity contribution in [3.05, 3.63) is 46.8 Å². The summed E-state index contributed by atoms with van der Waals surface area (Å²) in [6, 6.07) is 8.18. The van der Waals surface area contributed by atoms with Crippen molar-refractivity contribution in [2.24, 2.45) is 5.92 Å². The molecule has 1 aromatic carbocycles. The topological polar surface area (TPSA) is 81.5 Å². The van der Waals surface area contributed by atoms with Gasteiger partial charge in [0.15, 0.2) is 0 Å². The second kappa shape index (κ2) is 8.05. The largest absolute Gasteiger partial charge is 0.394 e. The predicted molar refractivity (Wildman–Crippen MR) is 113 cm³/mol. The highest BCUT2D eigenvalue weighted by molar-refractivity contribution is 5.52. The Kier molecular flexibility index (Phi) is 5.91.